The third-order valence-corrected chi connectivity index (χ3v) is 23.9. The molecule has 3 aromatic carbocycles. The Labute approximate surface area is 841 Å². The highest BCUT2D eigenvalue weighted by atomic mass is 32.3. The number of benzene rings is 3. The van der Waals surface area contributed by atoms with Gasteiger partial charge in [0.15, 0.2) is 86.4 Å². The van der Waals surface area contributed by atoms with Crippen molar-refractivity contribution in [3.63, 3.8) is 0 Å². The molecule has 8 heterocycles. The molecular formula is C92H110N4O51S. The predicted molar refractivity (Wildman–Crippen MR) is 471 cm³/mol. The van der Waals surface area contributed by atoms with Gasteiger partial charge in [0.25, 0.3) is 29.4 Å². The molecule has 6 fully saturated rings. The standard InChI is InChI=1S/C92H110N4O51S/c1-37-69(131-45(9)104)78(136-50(14)109)80(137-51(15)110)89(128-37)145-77-66(95-82(113)54-26-20-21-27-55(54)83(95)114)87(140-62(35-124-42(6)101)72(77)143-88-67(96-84(115)56-28-22-23-29-57(56)85(96)116)76(135-49(13)108)71(133-47(11)106)61(141-88)34-123-41(5)100)126-32-59-68(112)74(65(94-39(3)98)86(139-59)125-31-53-24-18-17-19-25-53)144-90-81(138-52(16)111)79(73(134-48(12)107)63(142-90)36-127-148(119,120)121)147-92(91(117)118)30-58(129-43(7)102)64(93-38(2)97)75(146-92)70(132-46(10)105)60(130-44(8)103)33-122-40(4)99/h17-29,37,58-81,86-90,112H,30-36H2,1-16H3,(H,93,97)(H,94,98)(H,117,118)(H,119,120,121)/t37-,58-,59+,60+,61+,62+,63+,64-,65+,66+,67+,68-,69+,70+,71-,72+,73-,74+,75+,76+,77+,78+,79-,80-,81+,86-,87+,88-,89-,90-,92-/m0/s1. The van der Waals surface area contributed by atoms with Crippen molar-refractivity contribution in [3.05, 3.63) is 107 Å². The van der Waals surface area contributed by atoms with Gasteiger partial charge in [-0.1, -0.05) is 54.6 Å². The number of carbonyl (C=O) groups excluding carboxylic acids is 19. The maximum Gasteiger partial charge on any atom is 0.397 e. The van der Waals surface area contributed by atoms with Crippen LogP contribution in [0.2, 0.25) is 0 Å². The lowest BCUT2D eigenvalue weighted by Crippen LogP contribution is -2.73. The Bertz CT molecular complexity index is 5540. The lowest BCUT2D eigenvalue weighted by atomic mass is 9.87. The molecule has 8 aliphatic heterocycles. The molecule has 810 valence electrons. The number of ether oxygens (including phenoxy) is 25. The molecule has 3 aromatic rings. The number of carboxylic acid groups (broad SMARTS) is 1. The molecule has 56 heteroatoms. The second-order valence-electron chi connectivity index (χ2n) is 34.7. The SMILES string of the molecule is CC(=O)N[C@@H]1[C@H]([C@H](OC(C)=O)[C@@H](COC(C)=O)OC(C)=O)O[C@@](O[C@H]2[C@@H](OC(C)=O)[C@@H](COS(=O)(=O)O)O[C@@H](O[C@H]3[C@@H](O)[C@@H](CO[C@@H]4O[C@H](COC(C)=O)[C@@H](O[C@@H]5O[C@H](COC(C)=O)[C@H](OC(C)=O)[C@H](OC(C)=O)[C@H]5N5C(=O)c6ccccc6C5=O)[C@H](O[C@@H]5O[C@@H](C)[C@@H](OC(C)=O)[C@@H](OC(C)=O)[C@@H]5OC(C)=O)[C@H]4N4C(=O)c5ccccc5C4=O)O[C@H](OCc4ccccc4)[C@@H]3NC(C)=O)[C@@H]2OC(C)=O)(C(=O)O)C[C@@H]1OC(C)=O. The average molecular weight is 2120 g/mol. The molecule has 6 amide bonds. The lowest BCUT2D eigenvalue weighted by Gasteiger charge is -2.53. The van der Waals surface area contributed by atoms with Gasteiger partial charge in [-0.2, -0.15) is 8.42 Å². The first-order valence-electron chi connectivity index (χ1n) is 45.6. The molecule has 11 rings (SSSR count). The molecule has 5 N–H and O–H groups in total. The summed E-state index contributed by atoms with van der Waals surface area (Å²) in [5, 5.41) is 30.5. The number of hydrogen-bond acceptors (Lipinski definition) is 49. The summed E-state index contributed by atoms with van der Waals surface area (Å²) in [5.74, 6) is -28.9. The van der Waals surface area contributed by atoms with Gasteiger partial charge < -0.3 is 139 Å². The average Bonchev–Trinajstić information content (AvgIpc) is 1.43. The number of aliphatic hydroxyl groups is 1. The summed E-state index contributed by atoms with van der Waals surface area (Å²) in [6.07, 6.45) is -62.0. The van der Waals surface area contributed by atoms with E-state index in [4.69, 9.17) is 123 Å². The number of rotatable bonds is 40. The van der Waals surface area contributed by atoms with Crippen molar-refractivity contribution < 1.29 is 242 Å². The minimum Gasteiger partial charge on any atom is -0.477 e. The number of amides is 6. The highest BCUT2D eigenvalue weighted by molar-refractivity contribution is 7.80. The van der Waals surface area contributed by atoms with E-state index in [9.17, 15) is 99.9 Å². The van der Waals surface area contributed by atoms with Gasteiger partial charge in [0.05, 0.1) is 60.6 Å². The number of imide groups is 2. The van der Waals surface area contributed by atoms with Gasteiger partial charge in [-0.15, -0.1) is 0 Å². The summed E-state index contributed by atoms with van der Waals surface area (Å²) in [6, 6.07) is 8.96. The van der Waals surface area contributed by atoms with Crippen molar-refractivity contribution in [3.8, 4) is 0 Å². The first-order valence-corrected chi connectivity index (χ1v) is 47.0. The number of carbonyl (C=O) groups is 20. The van der Waals surface area contributed by atoms with E-state index in [1.165, 1.54) is 67.6 Å². The zero-order valence-electron chi connectivity index (χ0n) is 82.0. The van der Waals surface area contributed by atoms with Gasteiger partial charge in [0.2, 0.25) is 11.8 Å². The number of esters is 13. The number of carboxylic acids is 1. The molecular weight excluding hydrogens is 2010 g/mol. The van der Waals surface area contributed by atoms with E-state index in [-0.39, 0.29) is 11.1 Å². The highest BCUT2D eigenvalue weighted by Crippen LogP contribution is 2.47. The molecule has 31 atom stereocenters. The van der Waals surface area contributed by atoms with Crippen LogP contribution in [0.15, 0.2) is 78.9 Å². The minimum absolute atomic E-state index is 0.309. The molecule has 0 radical (unpaired) electrons. The van der Waals surface area contributed by atoms with E-state index in [1.54, 1.807) is 18.2 Å². The molecule has 0 aliphatic carbocycles. The van der Waals surface area contributed by atoms with Gasteiger partial charge in [0, 0.05) is 104 Å². The second kappa shape index (κ2) is 49.8. The van der Waals surface area contributed by atoms with E-state index in [2.05, 4.69) is 10.6 Å². The van der Waals surface area contributed by atoms with Crippen molar-refractivity contribution in [2.75, 3.05) is 33.0 Å². The Morgan fingerprint density at radius 1 is 0.405 bits per heavy atom. The van der Waals surface area contributed by atoms with Gasteiger partial charge >= 0.3 is 94.0 Å². The zero-order chi connectivity index (χ0) is 109. The highest BCUT2D eigenvalue weighted by Gasteiger charge is 2.68. The van der Waals surface area contributed by atoms with Crippen molar-refractivity contribution in [2.45, 2.75) is 313 Å². The van der Waals surface area contributed by atoms with E-state index in [0.29, 0.717) is 29.2 Å². The summed E-state index contributed by atoms with van der Waals surface area (Å²) in [7, 11) is -5.77. The van der Waals surface area contributed by atoms with E-state index < -0.39 is 376 Å². The van der Waals surface area contributed by atoms with Gasteiger partial charge in [0.1, 0.15) is 105 Å². The van der Waals surface area contributed by atoms with Crippen LogP contribution in [0.4, 0.5) is 0 Å². The smallest absolute Gasteiger partial charge is 0.397 e. The fraction of sp³-hybridized carbons (Fsp3) is 0.587. The molecule has 0 spiro atoms. The number of nitrogens with one attached hydrogen (secondary N) is 2. The quantitative estimate of drug-likeness (QED) is 0.0187. The monoisotopic (exact) mass is 2120 g/mol. The zero-order valence-corrected chi connectivity index (χ0v) is 82.8. The van der Waals surface area contributed by atoms with Crippen LogP contribution in [0.3, 0.4) is 0 Å². The fourth-order valence-electron chi connectivity index (χ4n) is 18.1. The summed E-state index contributed by atoms with van der Waals surface area (Å²) >= 11 is 0. The maximum atomic E-state index is 16.0. The molecule has 55 nitrogen and oxygen atoms in total. The third kappa shape index (κ3) is 28.4. The van der Waals surface area contributed by atoms with Gasteiger partial charge in [-0.3, -0.25) is 105 Å². The Balaban J connectivity index is 1.13. The Morgan fingerprint density at radius 2 is 0.811 bits per heavy atom. The van der Waals surface area contributed by atoms with Crippen LogP contribution in [0, 0.1) is 0 Å². The molecule has 0 saturated carbocycles. The Hall–Kier alpha value is -13.2. The Kier molecular flexibility index (Phi) is 38.7. The number of aliphatic hydroxyl groups excluding tert-OH is 1. The van der Waals surface area contributed by atoms with Crippen LogP contribution < -0.4 is 10.6 Å². The minimum atomic E-state index is -5.77. The predicted octanol–water partition coefficient (Wildman–Crippen LogP) is -1.50. The lowest BCUT2D eigenvalue weighted by molar-refractivity contribution is -0.384. The number of fused-ring (bicyclic) bond motifs is 2. The van der Waals surface area contributed by atoms with Crippen LogP contribution in [0.5, 0.6) is 0 Å². The van der Waals surface area contributed by atoms with Crippen molar-refractivity contribution in [1.29, 1.82) is 0 Å². The summed E-state index contributed by atoms with van der Waals surface area (Å²) in [5.41, 5.74) is -1.12. The summed E-state index contributed by atoms with van der Waals surface area (Å²) in [6.45, 7) is 7.10. The molecule has 0 unspecified atom stereocenters. The third-order valence-electron chi connectivity index (χ3n) is 23.4. The largest absolute Gasteiger partial charge is 0.477 e. The van der Waals surface area contributed by atoms with E-state index >= 15 is 19.2 Å². The molecule has 6 saturated heterocycles. The summed E-state index contributed by atoms with van der Waals surface area (Å²) < 4.78 is 195. The number of nitrogens with zero attached hydrogens (tertiary/aromatic N) is 2. The first-order chi connectivity index (χ1) is 69.6. The molecule has 0 bridgehead atoms. The number of aliphatic carboxylic acids is 1. The van der Waals surface area contributed by atoms with Crippen LogP contribution >= 0.6 is 0 Å². The fourth-order valence-corrected chi connectivity index (χ4v) is 18.4. The van der Waals surface area contributed by atoms with Crippen LogP contribution in [0.1, 0.15) is 164 Å². The number of hydrogen-bond donors (Lipinski definition) is 5. The second-order valence-corrected chi connectivity index (χ2v) is 35.8. The molecule has 148 heavy (non-hydrogen) atoms. The van der Waals surface area contributed by atoms with Gasteiger partial charge in [-0.25, -0.2) is 8.98 Å². The van der Waals surface area contributed by atoms with Gasteiger partial charge in [-0.05, 0) is 36.8 Å². The first kappa shape index (κ1) is 115. The topological polar surface area (TPSA) is 707 Å². The van der Waals surface area contributed by atoms with E-state index in [1.807, 2.05) is 0 Å². The molecule has 8 aliphatic rings. The van der Waals surface area contributed by atoms with Crippen molar-refractivity contribution >= 4 is 129 Å². The maximum absolute atomic E-state index is 16.0. The van der Waals surface area contributed by atoms with Crippen LogP contribution in [0.25, 0.3) is 0 Å². The van der Waals surface area contributed by atoms with Crippen LogP contribution in [-0.2, 0) is 216 Å². The normalized spacial score (nSPS) is 31.2. The molecule has 0 aromatic heterocycles. The van der Waals surface area contributed by atoms with E-state index in [0.717, 1.165) is 90.0 Å². The van der Waals surface area contributed by atoms with Crippen molar-refractivity contribution in [2.24, 2.45) is 0 Å². The Morgan fingerprint density at radius 3 is 1.29 bits per heavy atom. The summed E-state index contributed by atoms with van der Waals surface area (Å²) in [4.78, 5) is 280. The van der Waals surface area contributed by atoms with Crippen molar-refractivity contribution in [1.82, 2.24) is 20.4 Å². The van der Waals surface area contributed by atoms with Crippen LogP contribution in [-0.4, -0.2) is 375 Å².